The summed E-state index contributed by atoms with van der Waals surface area (Å²) in [4.78, 5) is 93.9. The lowest BCUT2D eigenvalue weighted by atomic mass is 9.74. The number of hydrogen-bond acceptors (Lipinski definition) is 17. The van der Waals surface area contributed by atoms with Gasteiger partial charge in [-0.15, -0.1) is 0 Å². The zero-order valence-electron chi connectivity index (χ0n) is 68.9. The minimum absolute atomic E-state index is 0.00968. The van der Waals surface area contributed by atoms with Crippen molar-refractivity contribution >= 4 is 72.2 Å². The number of fused-ring (bicyclic) bond motifs is 3. The minimum Gasteiger partial charge on any atom is -0.504 e. The van der Waals surface area contributed by atoms with Crippen molar-refractivity contribution in [2.75, 3.05) is 72.2 Å². The number of rotatable bonds is 22. The Balaban J connectivity index is 0.000000174. The molecule has 9 aromatic carbocycles. The molecule has 18 rings (SSSR count). The molecule has 0 unspecified atom stereocenters. The molecular weight excluding hydrogens is 1530 g/mol. The number of aromatic amines is 1. The Morgan fingerprint density at radius 1 is 0.467 bits per heavy atom. The van der Waals surface area contributed by atoms with Crippen LogP contribution in [0.2, 0.25) is 0 Å². The topological polar surface area (TPSA) is 300 Å². The molecule has 626 valence electrons. The number of ether oxygens (including phenoxy) is 3. The molecule has 9 N–H and O–H groups in total. The van der Waals surface area contributed by atoms with Crippen LogP contribution in [0.25, 0.3) is 17.0 Å². The molecule has 6 saturated heterocycles. The van der Waals surface area contributed by atoms with Gasteiger partial charge in [-0.1, -0.05) is 171 Å². The zero-order chi connectivity index (χ0) is 83.9. The van der Waals surface area contributed by atoms with Crippen molar-refractivity contribution in [1.29, 1.82) is 0 Å². The maximum atomic E-state index is 14.1. The van der Waals surface area contributed by atoms with Gasteiger partial charge in [-0.2, -0.15) is 0 Å². The number of benzene rings is 9. The van der Waals surface area contributed by atoms with Gasteiger partial charge < -0.3 is 80.3 Å². The SMILES string of the molecule is NCc1cccc(C2CCN(C(=O)c3cccc(/C=C/B4OC(=O)[C@@](COc5cccc(C(=O)N6CCC(c7cccc(CN)c7)CC6)c5)(C5CCCC5)O4)c3)CC2)c1.NCc1cccc(C2CCN(C(=O)c3cccc(OC[C@]4(c5ccccc5)OB(c5cccc6[nH]c(C(=O)N7CCC8(CC7)COc7ccc(CN)cc78)cc56)OC4=O)c3)CC2)c1. The smallest absolute Gasteiger partial charge is 0.504 e. The quantitative estimate of drug-likeness (QED) is 0.0394. The zero-order valence-corrected chi connectivity index (χ0v) is 68.9. The van der Waals surface area contributed by atoms with Gasteiger partial charge in [0.05, 0.1) is 6.61 Å². The highest BCUT2D eigenvalue weighted by Crippen LogP contribution is 2.47. The molecule has 1 spiro atoms. The molecule has 0 radical (unpaired) electrons. The Labute approximate surface area is 712 Å². The van der Waals surface area contributed by atoms with Crippen LogP contribution in [0.5, 0.6) is 17.2 Å². The molecule has 0 bridgehead atoms. The summed E-state index contributed by atoms with van der Waals surface area (Å²) >= 11 is 0. The number of piperidine rings is 4. The first kappa shape index (κ1) is 82.7. The van der Waals surface area contributed by atoms with E-state index in [0.29, 0.717) is 153 Å². The van der Waals surface area contributed by atoms with Crippen molar-refractivity contribution in [3.63, 3.8) is 0 Å². The van der Waals surface area contributed by atoms with Crippen LogP contribution in [-0.4, -0.2) is 152 Å². The van der Waals surface area contributed by atoms with E-state index in [1.165, 1.54) is 22.3 Å². The van der Waals surface area contributed by atoms with Gasteiger partial charge in [0, 0.05) is 128 Å². The summed E-state index contributed by atoms with van der Waals surface area (Å²) in [6.07, 6.45) is 12.4. The second kappa shape index (κ2) is 36.6. The monoisotopic (exact) mass is 1640 g/mol. The van der Waals surface area contributed by atoms with Gasteiger partial charge in [0.15, 0.2) is 5.60 Å². The van der Waals surface area contributed by atoms with Crippen molar-refractivity contribution in [3.05, 3.63) is 302 Å². The molecule has 122 heavy (non-hydrogen) atoms. The van der Waals surface area contributed by atoms with Crippen molar-refractivity contribution in [1.82, 2.24) is 24.6 Å². The summed E-state index contributed by atoms with van der Waals surface area (Å²) in [5.74, 6) is 3.47. The predicted molar refractivity (Wildman–Crippen MR) is 469 cm³/mol. The van der Waals surface area contributed by atoms with Crippen LogP contribution in [0, 0.1) is 5.92 Å². The normalized spacial score (nSPS) is 20.1. The third-order valence-electron chi connectivity index (χ3n) is 26.5. The maximum Gasteiger partial charge on any atom is 0.566 e. The number of aromatic nitrogens is 1. The number of nitrogens with two attached hydrogens (primary N) is 4. The first-order valence-corrected chi connectivity index (χ1v) is 43.3. The molecule has 8 heterocycles. The Bertz CT molecular complexity index is 5510. The minimum atomic E-state index is -1.62. The Kier molecular flexibility index (Phi) is 24.8. The van der Waals surface area contributed by atoms with Crippen LogP contribution in [-0.2, 0) is 65.4 Å². The second-order valence-corrected chi connectivity index (χ2v) is 33.9. The van der Waals surface area contributed by atoms with E-state index in [1.54, 1.807) is 36.3 Å². The highest BCUT2D eigenvalue weighted by atomic mass is 16.7. The lowest BCUT2D eigenvalue weighted by Gasteiger charge is -2.38. The molecule has 1 saturated carbocycles. The van der Waals surface area contributed by atoms with Gasteiger partial charge in [-0.3, -0.25) is 28.8 Å². The van der Waals surface area contributed by atoms with E-state index in [-0.39, 0.29) is 48.2 Å². The number of hydrogen-bond donors (Lipinski definition) is 5. The average molecular weight is 1640 g/mol. The number of carbonyl (C=O) groups excluding carboxylic acids is 6. The van der Waals surface area contributed by atoms with Crippen molar-refractivity contribution in [2.45, 2.75) is 138 Å². The predicted octanol–water partition coefficient (Wildman–Crippen LogP) is 13.2. The highest BCUT2D eigenvalue weighted by molar-refractivity contribution is 6.67. The third-order valence-corrected chi connectivity index (χ3v) is 26.5. The van der Waals surface area contributed by atoms with E-state index >= 15 is 0 Å². The van der Waals surface area contributed by atoms with Gasteiger partial charge in [0.2, 0.25) is 5.60 Å². The molecule has 8 aliphatic rings. The van der Waals surface area contributed by atoms with Crippen LogP contribution in [0.15, 0.2) is 224 Å². The van der Waals surface area contributed by atoms with Crippen LogP contribution >= 0.6 is 0 Å². The molecule has 4 amide bonds. The summed E-state index contributed by atoms with van der Waals surface area (Å²) in [5, 5.41) is 0.712. The fourth-order valence-corrected chi connectivity index (χ4v) is 19.3. The molecule has 1 aliphatic carbocycles. The number of nitrogens with one attached hydrogen (secondary N) is 1. The Morgan fingerprint density at radius 3 is 1.52 bits per heavy atom. The van der Waals surface area contributed by atoms with Gasteiger partial charge in [0.25, 0.3) is 23.6 Å². The summed E-state index contributed by atoms with van der Waals surface area (Å²) in [5.41, 5.74) is 34.8. The molecule has 7 aliphatic heterocycles. The number of likely N-dealkylation sites (tertiary alicyclic amines) is 4. The van der Waals surface area contributed by atoms with Crippen molar-refractivity contribution in [2.24, 2.45) is 28.9 Å². The highest BCUT2D eigenvalue weighted by Gasteiger charge is 2.59. The van der Waals surface area contributed by atoms with E-state index in [1.807, 2.05) is 147 Å². The van der Waals surface area contributed by atoms with E-state index in [9.17, 15) is 28.8 Å². The second-order valence-electron chi connectivity index (χ2n) is 33.9. The Hall–Kier alpha value is -11.6. The average Bonchev–Trinajstić information content (AvgIpc) is 1.60. The fraction of sp³-hybridized carbons (Fsp3) is 0.347. The van der Waals surface area contributed by atoms with E-state index < -0.39 is 37.4 Å². The summed E-state index contributed by atoms with van der Waals surface area (Å²) in [6, 6.07) is 69.8. The lowest BCUT2D eigenvalue weighted by Crippen LogP contribution is -2.49. The standard InChI is InChI=1S/C50H50BN5O7.C48H55BN4O6/c52-29-33-7-4-8-36(25-33)35-17-21-55(22-18-35)46(57)37-9-5-12-39(27-37)60-32-50(38-10-2-1-3-11-38)48(59)62-51(63-50)42-13-6-14-43-40(42)28-44(54-43)47(58)56-23-19-49(20-24-56)31-61-45-16-15-34(30-53)26-41(45)49;50-31-35-8-4-10-39(28-35)37-18-23-52(24-19-37)45(54)41-12-3-7-34(27-41)17-22-49-58-47(56)48(59-49,43-14-1-2-15-43)33-57-44-16-6-13-42(30-44)46(55)53-25-20-38(21-26-53)40-11-5-9-36(29-40)32-51/h1-16,25-28,35,54H,17-24,29-32,52-53H2;3-13,16-17,22,27-30,37-38,43H,1-2,14-15,18-21,23-26,31-33,50-51H2/b;22-17+/t50-;48-/m11/s1. The van der Waals surface area contributed by atoms with E-state index in [4.69, 9.17) is 55.8 Å². The molecule has 1 aromatic heterocycles. The molecule has 7 fully saturated rings. The third kappa shape index (κ3) is 17.5. The first-order valence-electron chi connectivity index (χ1n) is 43.3. The van der Waals surface area contributed by atoms with Crippen molar-refractivity contribution in [3.8, 4) is 17.2 Å². The van der Waals surface area contributed by atoms with E-state index in [2.05, 4.69) is 71.7 Å². The summed E-state index contributed by atoms with van der Waals surface area (Å²) in [7, 11) is -2.00. The molecular formula is C98H105B2N9O13. The van der Waals surface area contributed by atoms with Crippen LogP contribution in [0.4, 0.5) is 0 Å². The maximum absolute atomic E-state index is 14.1. The summed E-state index contributed by atoms with van der Waals surface area (Å²) in [6.45, 7) is 7.57. The molecule has 22 nitrogen and oxygen atoms in total. The van der Waals surface area contributed by atoms with Gasteiger partial charge in [-0.05, 0) is 205 Å². The number of nitrogens with zero attached hydrogens (tertiary/aromatic N) is 4. The van der Waals surface area contributed by atoms with E-state index in [0.717, 1.165) is 116 Å². The van der Waals surface area contributed by atoms with Crippen LogP contribution < -0.4 is 42.6 Å². The molecule has 24 heteroatoms. The Morgan fingerprint density at radius 2 is 0.967 bits per heavy atom. The van der Waals surface area contributed by atoms with Crippen LogP contribution in [0.1, 0.15) is 192 Å². The number of carbonyl (C=O) groups is 6. The van der Waals surface area contributed by atoms with Gasteiger partial charge >= 0.3 is 26.2 Å². The fourth-order valence-electron chi connectivity index (χ4n) is 19.3. The van der Waals surface area contributed by atoms with Crippen molar-refractivity contribution < 1.29 is 61.6 Å². The largest absolute Gasteiger partial charge is 0.566 e. The summed E-state index contributed by atoms with van der Waals surface area (Å²) < 4.78 is 43.9. The molecule has 10 aromatic rings. The van der Waals surface area contributed by atoms with Crippen LogP contribution in [0.3, 0.4) is 0 Å². The first-order chi connectivity index (χ1) is 59.6. The number of amides is 4. The lowest BCUT2D eigenvalue weighted by molar-refractivity contribution is -0.150. The van der Waals surface area contributed by atoms with Gasteiger partial charge in [0.1, 0.15) is 36.2 Å². The molecule has 2 atom stereocenters. The van der Waals surface area contributed by atoms with Gasteiger partial charge in [-0.25, -0.2) is 0 Å². The number of H-pyrrole nitrogens is 1.